The predicted molar refractivity (Wildman–Crippen MR) is 84.8 cm³/mol. The van der Waals surface area contributed by atoms with Crippen molar-refractivity contribution in [1.82, 2.24) is 9.34 Å². The average Bonchev–Trinajstić information content (AvgIpc) is 2.62. The molecule has 0 bridgehead atoms. The second-order valence-corrected chi connectivity index (χ2v) is 9.75. The molecule has 1 rings (SSSR count). The molecule has 0 aromatic carbocycles. The molecule has 0 unspecified atom stereocenters. The lowest BCUT2D eigenvalue weighted by Crippen LogP contribution is -2.31. The van der Waals surface area contributed by atoms with Crippen LogP contribution in [0.4, 0.5) is 0 Å². The monoisotopic (exact) mass is 320 g/mol. The van der Waals surface area contributed by atoms with Crippen molar-refractivity contribution < 1.29 is 14.1 Å². The van der Waals surface area contributed by atoms with Gasteiger partial charge in [-0.3, -0.25) is 4.79 Å². The number of hydrogen-bond acceptors (Lipinski definition) is 4. The van der Waals surface area contributed by atoms with Crippen LogP contribution >= 0.6 is 6.57 Å². The molecule has 0 aromatic heterocycles. The number of nitrogens with zero attached hydrogens (tertiary/aromatic N) is 2. The summed E-state index contributed by atoms with van der Waals surface area (Å²) < 4.78 is 15.3. The van der Waals surface area contributed by atoms with Crippen molar-refractivity contribution in [3.8, 4) is 0 Å². The molecule has 1 heterocycles. The molecule has 20 heavy (non-hydrogen) atoms. The van der Waals surface area contributed by atoms with Crippen LogP contribution in [-0.4, -0.2) is 49.6 Å². The molecule has 0 aromatic rings. The van der Waals surface area contributed by atoms with Gasteiger partial charge in [-0.2, -0.15) is 0 Å². The molecule has 0 radical (unpaired) electrons. The zero-order chi connectivity index (χ0) is 15.7. The number of carbonyl (C=O) groups is 1. The molecule has 5 nitrogen and oxygen atoms in total. The zero-order valence-corrected chi connectivity index (χ0v) is 15.1. The van der Waals surface area contributed by atoms with E-state index >= 15 is 0 Å². The number of methoxy groups -OCH3 is 1. The maximum absolute atomic E-state index is 12.0. The van der Waals surface area contributed by atoms with Gasteiger partial charge in [0, 0.05) is 13.1 Å². The summed E-state index contributed by atoms with van der Waals surface area (Å²) in [5.41, 5.74) is 0.0993. The highest BCUT2D eigenvalue weighted by Crippen LogP contribution is 2.59. The number of hydrogen-bond donors (Lipinski definition) is 0. The van der Waals surface area contributed by atoms with E-state index < -0.39 is 12.0 Å². The van der Waals surface area contributed by atoms with Crippen LogP contribution in [0.1, 0.15) is 27.7 Å². The lowest BCUT2D eigenvalue weighted by atomic mass is 9.89. The smallest absolute Gasteiger partial charge is 0.318 e. The maximum Gasteiger partial charge on any atom is 0.318 e. The lowest BCUT2D eigenvalue weighted by Gasteiger charge is -2.35. The van der Waals surface area contributed by atoms with Gasteiger partial charge >= 0.3 is 5.97 Å². The van der Waals surface area contributed by atoms with Gasteiger partial charge in [0.25, 0.3) is 6.57 Å². The summed E-state index contributed by atoms with van der Waals surface area (Å²) in [6.07, 6.45) is 0. The fourth-order valence-corrected chi connectivity index (χ4v) is 5.09. The largest absolute Gasteiger partial charge is 0.468 e. The minimum Gasteiger partial charge on any atom is -0.468 e. The van der Waals surface area contributed by atoms with Crippen molar-refractivity contribution >= 4 is 24.3 Å². The predicted octanol–water partition coefficient (Wildman–Crippen LogP) is 2.60. The standard InChI is InChI=1S/C13H25N2O3PS/c1-10(2)11(13(3,4)12(16)17-7)18-19(20)14(5)8-9-15(19)6/h8-9H2,1-7H3. The number of esters is 1. The van der Waals surface area contributed by atoms with Gasteiger partial charge in [-0.1, -0.05) is 0 Å². The van der Waals surface area contributed by atoms with Crippen LogP contribution in [0.15, 0.2) is 11.3 Å². The number of carbonyl (C=O) groups excluding carboxylic acids is 1. The third kappa shape index (κ3) is 3.08. The summed E-state index contributed by atoms with van der Waals surface area (Å²) >= 11 is 5.75. The van der Waals surface area contributed by atoms with Crippen molar-refractivity contribution in [2.45, 2.75) is 27.7 Å². The summed E-state index contributed by atoms with van der Waals surface area (Å²) in [7, 11) is 5.33. The summed E-state index contributed by atoms with van der Waals surface area (Å²) in [5.74, 6) is 0.299. The molecule has 1 aliphatic heterocycles. The van der Waals surface area contributed by atoms with Crippen molar-refractivity contribution in [1.29, 1.82) is 0 Å². The molecule has 0 saturated carbocycles. The maximum atomic E-state index is 12.0. The van der Waals surface area contributed by atoms with Crippen LogP contribution in [-0.2, 0) is 25.9 Å². The van der Waals surface area contributed by atoms with Crippen LogP contribution in [0.25, 0.3) is 0 Å². The van der Waals surface area contributed by atoms with Gasteiger partial charge in [0.2, 0.25) is 0 Å². The van der Waals surface area contributed by atoms with Gasteiger partial charge in [0.05, 0.1) is 7.11 Å². The van der Waals surface area contributed by atoms with Crippen LogP contribution in [0.3, 0.4) is 0 Å². The second kappa shape index (κ2) is 6.14. The molecule has 0 atom stereocenters. The number of allylic oxidation sites excluding steroid dienone is 1. The van der Waals surface area contributed by atoms with Crippen LogP contribution < -0.4 is 0 Å². The summed E-state index contributed by atoms with van der Waals surface area (Å²) in [5, 5.41) is 0. The summed E-state index contributed by atoms with van der Waals surface area (Å²) in [6, 6.07) is 0. The van der Waals surface area contributed by atoms with Crippen LogP contribution in [0.5, 0.6) is 0 Å². The highest BCUT2D eigenvalue weighted by molar-refractivity contribution is 8.10. The van der Waals surface area contributed by atoms with Crippen molar-refractivity contribution in [3.63, 3.8) is 0 Å². The van der Waals surface area contributed by atoms with E-state index in [9.17, 15) is 4.79 Å². The van der Waals surface area contributed by atoms with Gasteiger partial charge in [0.1, 0.15) is 11.2 Å². The molecule has 1 fully saturated rings. The van der Waals surface area contributed by atoms with Gasteiger partial charge < -0.3 is 9.26 Å². The molecule has 7 heteroatoms. The molecular formula is C13H25N2O3PS. The van der Waals surface area contributed by atoms with Crippen molar-refractivity contribution in [3.05, 3.63) is 11.3 Å². The molecule has 1 aliphatic rings. The first-order valence-electron chi connectivity index (χ1n) is 6.56. The Kier molecular flexibility index (Phi) is 5.41. The van der Waals surface area contributed by atoms with E-state index in [1.54, 1.807) is 13.8 Å². The second-order valence-electron chi connectivity index (χ2n) is 5.79. The van der Waals surface area contributed by atoms with E-state index in [1.165, 1.54) is 7.11 Å². The van der Waals surface area contributed by atoms with E-state index in [1.807, 2.05) is 27.9 Å². The SMILES string of the molecule is COC(=O)C(C)(C)C(OP1(=S)N(C)CCN1C)=C(C)C. The average molecular weight is 320 g/mol. The first-order chi connectivity index (χ1) is 9.07. The Morgan fingerprint density at radius 3 is 2.00 bits per heavy atom. The van der Waals surface area contributed by atoms with Crippen LogP contribution in [0, 0.1) is 5.41 Å². The van der Waals surface area contributed by atoms with Crippen molar-refractivity contribution in [2.75, 3.05) is 34.3 Å². The highest BCUT2D eigenvalue weighted by atomic mass is 32.5. The Labute approximate surface area is 127 Å². The molecule has 0 aliphatic carbocycles. The van der Waals surface area contributed by atoms with E-state index in [0.29, 0.717) is 5.76 Å². The Balaban J connectivity index is 3.17. The fourth-order valence-electron chi connectivity index (χ4n) is 2.24. The summed E-state index contributed by atoms with van der Waals surface area (Å²) in [6.45, 7) is 6.95. The van der Waals surface area contributed by atoms with Crippen molar-refractivity contribution in [2.24, 2.45) is 5.41 Å². The van der Waals surface area contributed by atoms with Gasteiger partial charge in [-0.25, -0.2) is 9.34 Å². The minimum absolute atomic E-state index is 0.320. The zero-order valence-electron chi connectivity index (χ0n) is 13.4. The Bertz CT molecular complexity index is 458. The van der Waals surface area contributed by atoms with E-state index in [2.05, 4.69) is 9.34 Å². The number of rotatable bonds is 4. The fraction of sp³-hybridized carbons (Fsp3) is 0.769. The van der Waals surface area contributed by atoms with Gasteiger partial charge in [-0.15, -0.1) is 0 Å². The van der Waals surface area contributed by atoms with E-state index in [-0.39, 0.29) is 5.97 Å². The topological polar surface area (TPSA) is 42.0 Å². The first-order valence-corrected chi connectivity index (χ1v) is 9.19. The van der Waals surface area contributed by atoms with Gasteiger partial charge in [0.15, 0.2) is 0 Å². The lowest BCUT2D eigenvalue weighted by molar-refractivity contribution is -0.149. The molecule has 0 N–H and O–H groups in total. The summed E-state index contributed by atoms with van der Waals surface area (Å²) in [4.78, 5) is 12.0. The molecular weight excluding hydrogens is 295 g/mol. The molecule has 1 saturated heterocycles. The number of likely N-dealkylation sites (N-methyl/N-ethyl adjacent to an activating group) is 2. The first kappa shape index (κ1) is 17.6. The Hall–Kier alpha value is -0.420. The Morgan fingerprint density at radius 1 is 1.20 bits per heavy atom. The third-order valence-electron chi connectivity index (χ3n) is 3.54. The van der Waals surface area contributed by atoms with E-state index in [0.717, 1.165) is 18.7 Å². The molecule has 116 valence electrons. The molecule has 0 spiro atoms. The Morgan fingerprint density at radius 2 is 1.65 bits per heavy atom. The van der Waals surface area contributed by atoms with E-state index in [4.69, 9.17) is 21.1 Å². The quantitative estimate of drug-likeness (QED) is 0.451. The minimum atomic E-state index is -2.27. The van der Waals surface area contributed by atoms with Crippen LogP contribution in [0.2, 0.25) is 0 Å². The number of ether oxygens (including phenoxy) is 1. The normalized spacial score (nSPS) is 19.8. The third-order valence-corrected chi connectivity index (χ3v) is 7.98. The van der Waals surface area contributed by atoms with Gasteiger partial charge in [-0.05, 0) is 59.2 Å². The highest BCUT2D eigenvalue weighted by Gasteiger charge is 2.43. The molecule has 0 amide bonds.